The standard InChI is InChI=1S/C23H30ClN3O3S/c1-17-8-6-7-15-27(17)31(29,30)19-13-11-18(12-14-19)23(28)25-16-22(26(2)3)20-9-4-5-10-21(20)24/h4-5,9-14,17,22H,6-8,15-16H2,1-3H3,(H,25,28). The normalized spacial score (nSPS) is 18.7. The number of rotatable bonds is 7. The highest BCUT2D eigenvalue weighted by atomic mass is 35.5. The lowest BCUT2D eigenvalue weighted by molar-refractivity contribution is 0.0941. The van der Waals surface area contributed by atoms with E-state index in [4.69, 9.17) is 11.6 Å². The minimum atomic E-state index is -3.55. The fourth-order valence-electron chi connectivity index (χ4n) is 3.95. The van der Waals surface area contributed by atoms with Gasteiger partial charge in [-0.15, -0.1) is 0 Å². The summed E-state index contributed by atoms with van der Waals surface area (Å²) in [6, 6.07) is 13.6. The number of likely N-dealkylation sites (N-methyl/N-ethyl adjacent to an activating group) is 1. The second-order valence-corrected chi connectivity index (χ2v) is 10.5. The number of nitrogens with one attached hydrogen (secondary N) is 1. The van der Waals surface area contributed by atoms with E-state index in [2.05, 4.69) is 5.32 Å². The molecule has 1 aliphatic rings. The lowest BCUT2D eigenvalue weighted by Crippen LogP contribution is -2.41. The fourth-order valence-corrected chi connectivity index (χ4v) is 5.91. The predicted molar refractivity (Wildman–Crippen MR) is 124 cm³/mol. The molecule has 2 unspecified atom stereocenters. The number of sulfonamides is 1. The van der Waals surface area contributed by atoms with E-state index < -0.39 is 10.0 Å². The van der Waals surface area contributed by atoms with Crippen molar-refractivity contribution in [1.29, 1.82) is 0 Å². The Labute approximate surface area is 190 Å². The highest BCUT2D eigenvalue weighted by Gasteiger charge is 2.31. The zero-order valence-electron chi connectivity index (χ0n) is 18.2. The van der Waals surface area contributed by atoms with E-state index in [9.17, 15) is 13.2 Å². The Kier molecular flexibility index (Phi) is 7.75. The third kappa shape index (κ3) is 5.47. The molecule has 0 aromatic heterocycles. The zero-order valence-corrected chi connectivity index (χ0v) is 19.8. The zero-order chi connectivity index (χ0) is 22.6. The molecule has 2 aromatic rings. The summed E-state index contributed by atoms with van der Waals surface area (Å²) >= 11 is 6.33. The first-order valence-electron chi connectivity index (χ1n) is 10.5. The number of nitrogens with zero attached hydrogens (tertiary/aromatic N) is 2. The van der Waals surface area contributed by atoms with Crippen LogP contribution in [0.5, 0.6) is 0 Å². The van der Waals surface area contributed by atoms with E-state index in [1.807, 2.05) is 50.2 Å². The number of carbonyl (C=O) groups is 1. The summed E-state index contributed by atoms with van der Waals surface area (Å²) in [7, 11) is 0.313. The van der Waals surface area contributed by atoms with Crippen molar-refractivity contribution in [1.82, 2.24) is 14.5 Å². The molecule has 1 aliphatic heterocycles. The largest absolute Gasteiger partial charge is 0.350 e. The van der Waals surface area contributed by atoms with Crippen molar-refractivity contribution in [2.45, 2.75) is 43.2 Å². The first kappa shape index (κ1) is 23.7. The highest BCUT2D eigenvalue weighted by molar-refractivity contribution is 7.89. The van der Waals surface area contributed by atoms with Gasteiger partial charge in [-0.05, 0) is 69.8 Å². The van der Waals surface area contributed by atoms with Crippen molar-refractivity contribution in [3.63, 3.8) is 0 Å². The van der Waals surface area contributed by atoms with Crippen LogP contribution in [-0.4, -0.2) is 56.8 Å². The van der Waals surface area contributed by atoms with Gasteiger partial charge in [-0.2, -0.15) is 4.31 Å². The molecule has 8 heteroatoms. The number of hydrogen-bond acceptors (Lipinski definition) is 4. The van der Waals surface area contributed by atoms with Crippen molar-refractivity contribution in [2.24, 2.45) is 0 Å². The Hall–Kier alpha value is -1.93. The van der Waals surface area contributed by atoms with Gasteiger partial charge < -0.3 is 10.2 Å². The average molecular weight is 464 g/mol. The lowest BCUT2D eigenvalue weighted by atomic mass is 10.1. The van der Waals surface area contributed by atoms with Gasteiger partial charge >= 0.3 is 0 Å². The van der Waals surface area contributed by atoms with E-state index in [1.165, 1.54) is 12.1 Å². The minimum absolute atomic E-state index is 0.00509. The monoisotopic (exact) mass is 463 g/mol. The molecule has 0 aliphatic carbocycles. The van der Waals surface area contributed by atoms with Gasteiger partial charge in [0, 0.05) is 29.7 Å². The van der Waals surface area contributed by atoms with E-state index >= 15 is 0 Å². The van der Waals surface area contributed by atoms with Gasteiger partial charge in [0.15, 0.2) is 0 Å². The fraction of sp³-hybridized carbons (Fsp3) is 0.435. The van der Waals surface area contributed by atoms with E-state index in [0.717, 1.165) is 24.8 Å². The molecule has 0 bridgehead atoms. The first-order valence-corrected chi connectivity index (χ1v) is 12.3. The molecule has 2 aromatic carbocycles. The number of hydrogen-bond donors (Lipinski definition) is 1. The second-order valence-electron chi connectivity index (χ2n) is 8.20. The smallest absolute Gasteiger partial charge is 0.251 e. The third-order valence-corrected chi connectivity index (χ3v) is 8.18. The van der Waals surface area contributed by atoms with Crippen LogP contribution in [0.3, 0.4) is 0 Å². The van der Waals surface area contributed by atoms with E-state index in [0.29, 0.717) is 23.7 Å². The molecule has 6 nitrogen and oxygen atoms in total. The number of carbonyl (C=O) groups excluding carboxylic acids is 1. The second kappa shape index (κ2) is 10.1. The minimum Gasteiger partial charge on any atom is -0.350 e. The highest BCUT2D eigenvalue weighted by Crippen LogP contribution is 2.26. The molecular weight excluding hydrogens is 434 g/mol. The van der Waals surface area contributed by atoms with Crippen LogP contribution in [0.2, 0.25) is 5.02 Å². The van der Waals surface area contributed by atoms with Crippen LogP contribution >= 0.6 is 11.6 Å². The molecule has 0 spiro atoms. The van der Waals surface area contributed by atoms with Crippen LogP contribution in [0, 0.1) is 0 Å². The van der Waals surface area contributed by atoms with Gasteiger partial charge in [-0.1, -0.05) is 36.2 Å². The maximum absolute atomic E-state index is 13.0. The van der Waals surface area contributed by atoms with Crippen molar-refractivity contribution in [3.8, 4) is 0 Å². The molecule has 1 saturated heterocycles. The van der Waals surface area contributed by atoms with Crippen LogP contribution in [0.1, 0.15) is 48.1 Å². The molecule has 3 rings (SSSR count). The number of halogens is 1. The number of benzene rings is 2. The molecule has 31 heavy (non-hydrogen) atoms. The number of amides is 1. The Bertz CT molecular complexity index is 1010. The SMILES string of the molecule is CC1CCCCN1S(=O)(=O)c1ccc(C(=O)NCC(c2ccccc2Cl)N(C)C)cc1. The molecule has 1 amide bonds. The van der Waals surface area contributed by atoms with Gasteiger partial charge in [0.1, 0.15) is 0 Å². The Morgan fingerprint density at radius 2 is 1.84 bits per heavy atom. The molecule has 1 heterocycles. The van der Waals surface area contributed by atoms with Crippen molar-refractivity contribution in [2.75, 3.05) is 27.2 Å². The van der Waals surface area contributed by atoms with Gasteiger partial charge in [-0.3, -0.25) is 4.79 Å². The molecule has 168 valence electrons. The summed E-state index contributed by atoms with van der Waals surface area (Å²) in [6.07, 6.45) is 2.80. The average Bonchev–Trinajstić information content (AvgIpc) is 2.75. The third-order valence-electron chi connectivity index (χ3n) is 5.81. The maximum Gasteiger partial charge on any atom is 0.251 e. The number of piperidine rings is 1. The summed E-state index contributed by atoms with van der Waals surface area (Å²) in [6.45, 7) is 2.86. The summed E-state index contributed by atoms with van der Waals surface area (Å²) < 4.78 is 27.5. The van der Waals surface area contributed by atoms with Crippen LogP contribution < -0.4 is 5.32 Å². The molecular formula is C23H30ClN3O3S. The quantitative estimate of drug-likeness (QED) is 0.675. The Balaban J connectivity index is 1.69. The van der Waals surface area contributed by atoms with Crippen molar-refractivity contribution < 1.29 is 13.2 Å². The molecule has 1 N–H and O–H groups in total. The van der Waals surface area contributed by atoms with Crippen molar-refractivity contribution >= 4 is 27.5 Å². The summed E-state index contributed by atoms with van der Waals surface area (Å²) in [5, 5.41) is 3.59. The molecule has 2 atom stereocenters. The topological polar surface area (TPSA) is 69.7 Å². The van der Waals surface area contributed by atoms with E-state index in [-0.39, 0.29) is 22.9 Å². The van der Waals surface area contributed by atoms with Gasteiger partial charge in [0.25, 0.3) is 5.91 Å². The van der Waals surface area contributed by atoms with Crippen LogP contribution in [0.25, 0.3) is 0 Å². The Morgan fingerprint density at radius 3 is 2.45 bits per heavy atom. The van der Waals surface area contributed by atoms with Gasteiger partial charge in [-0.25, -0.2) is 8.42 Å². The van der Waals surface area contributed by atoms with Gasteiger partial charge in [0.2, 0.25) is 10.0 Å². The van der Waals surface area contributed by atoms with Crippen LogP contribution in [-0.2, 0) is 10.0 Å². The van der Waals surface area contributed by atoms with Crippen LogP contribution in [0.15, 0.2) is 53.4 Å². The lowest BCUT2D eigenvalue weighted by Gasteiger charge is -2.32. The van der Waals surface area contributed by atoms with Crippen LogP contribution in [0.4, 0.5) is 0 Å². The molecule has 1 fully saturated rings. The molecule has 0 radical (unpaired) electrons. The summed E-state index contributed by atoms with van der Waals surface area (Å²) in [5.41, 5.74) is 1.36. The maximum atomic E-state index is 13.0. The van der Waals surface area contributed by atoms with E-state index in [1.54, 1.807) is 16.4 Å². The Morgan fingerprint density at radius 1 is 1.16 bits per heavy atom. The predicted octanol–water partition coefficient (Wildman–Crippen LogP) is 3.94. The first-order chi connectivity index (χ1) is 14.7. The molecule has 0 saturated carbocycles. The van der Waals surface area contributed by atoms with Crippen molar-refractivity contribution in [3.05, 3.63) is 64.7 Å². The summed E-state index contributed by atoms with van der Waals surface area (Å²) in [5.74, 6) is -0.255. The van der Waals surface area contributed by atoms with Gasteiger partial charge in [0.05, 0.1) is 10.9 Å². The summed E-state index contributed by atoms with van der Waals surface area (Å²) in [4.78, 5) is 14.9.